The summed E-state index contributed by atoms with van der Waals surface area (Å²) in [5, 5.41) is 10.3. The molecule has 4 heteroatoms. The number of anilines is 2. The fraction of sp³-hybridized carbons (Fsp3) is 0.0667. The number of hydrogen-bond acceptors (Lipinski definition) is 2. The average Bonchev–Trinajstić information content (AvgIpc) is 2.86. The van der Waals surface area contributed by atoms with E-state index in [9.17, 15) is 9.59 Å². The second kappa shape index (κ2) is 9.59. The largest absolute Gasteiger partial charge is 0.324 e. The second-order valence-electron chi connectivity index (χ2n) is 8.27. The zero-order valence-corrected chi connectivity index (χ0v) is 18.6. The number of para-hydroxylation sites is 2. The molecule has 4 nitrogen and oxygen atoms in total. The van der Waals surface area contributed by atoms with Crippen molar-refractivity contribution >= 4 is 44.7 Å². The number of amides is 2. The van der Waals surface area contributed by atoms with Gasteiger partial charge in [0.15, 0.2) is 0 Å². The molecule has 0 unspecified atom stereocenters. The summed E-state index contributed by atoms with van der Waals surface area (Å²) in [7, 11) is 0. The van der Waals surface area contributed by atoms with Crippen molar-refractivity contribution in [1.29, 1.82) is 0 Å². The molecule has 0 aromatic heterocycles. The van der Waals surface area contributed by atoms with E-state index in [0.29, 0.717) is 11.4 Å². The lowest BCUT2D eigenvalue weighted by molar-refractivity contribution is -0.116. The Balaban J connectivity index is 1.30. The van der Waals surface area contributed by atoms with Gasteiger partial charge in [0.2, 0.25) is 11.8 Å². The summed E-state index contributed by atoms with van der Waals surface area (Å²) in [6.45, 7) is 0. The van der Waals surface area contributed by atoms with E-state index in [1.165, 1.54) is 0 Å². The van der Waals surface area contributed by atoms with E-state index in [-0.39, 0.29) is 24.7 Å². The minimum absolute atomic E-state index is 0.132. The van der Waals surface area contributed by atoms with Gasteiger partial charge in [-0.25, -0.2) is 0 Å². The summed E-state index contributed by atoms with van der Waals surface area (Å²) in [6, 6.07) is 35.3. The minimum atomic E-state index is -0.132. The summed E-state index contributed by atoms with van der Waals surface area (Å²) in [5.74, 6) is -0.265. The monoisotopic (exact) mass is 444 g/mol. The lowest BCUT2D eigenvalue weighted by Gasteiger charge is -2.13. The SMILES string of the molecule is O=C(Cc1cccc2ccccc12)Nc1ccccc1NC(=O)Cc1cccc2ccccc12. The van der Waals surface area contributed by atoms with E-state index in [2.05, 4.69) is 10.6 Å². The highest BCUT2D eigenvalue weighted by molar-refractivity contribution is 6.02. The van der Waals surface area contributed by atoms with Crippen LogP contribution in [0.1, 0.15) is 11.1 Å². The summed E-state index contributed by atoms with van der Waals surface area (Å²) < 4.78 is 0. The maximum atomic E-state index is 12.9. The smallest absolute Gasteiger partial charge is 0.228 e. The molecule has 0 aliphatic carbocycles. The van der Waals surface area contributed by atoms with Gasteiger partial charge in [-0.1, -0.05) is 97.1 Å². The van der Waals surface area contributed by atoms with Crippen molar-refractivity contribution in [2.75, 3.05) is 10.6 Å². The maximum absolute atomic E-state index is 12.9. The molecule has 2 N–H and O–H groups in total. The number of carbonyl (C=O) groups excluding carboxylic acids is 2. The molecule has 5 aromatic rings. The van der Waals surface area contributed by atoms with Crippen molar-refractivity contribution in [3.05, 3.63) is 120 Å². The first-order valence-corrected chi connectivity index (χ1v) is 11.3. The van der Waals surface area contributed by atoms with Gasteiger partial charge < -0.3 is 10.6 Å². The van der Waals surface area contributed by atoms with Crippen molar-refractivity contribution in [3.8, 4) is 0 Å². The molecular weight excluding hydrogens is 420 g/mol. The third kappa shape index (κ3) is 4.66. The van der Waals surface area contributed by atoms with Crippen LogP contribution < -0.4 is 10.6 Å². The molecule has 0 bridgehead atoms. The van der Waals surface area contributed by atoms with E-state index in [1.807, 2.05) is 97.1 Å². The van der Waals surface area contributed by atoms with Crippen LogP contribution in [0, 0.1) is 0 Å². The number of carbonyl (C=O) groups is 2. The molecule has 0 aliphatic rings. The Labute approximate surface area is 198 Å². The molecule has 166 valence electrons. The zero-order chi connectivity index (χ0) is 23.3. The predicted octanol–water partition coefficient (Wildman–Crippen LogP) is 6.36. The van der Waals surface area contributed by atoms with Gasteiger partial charge >= 0.3 is 0 Å². The lowest BCUT2D eigenvalue weighted by Crippen LogP contribution is -2.19. The number of benzene rings is 5. The van der Waals surface area contributed by atoms with E-state index in [0.717, 1.165) is 32.7 Å². The molecule has 0 spiro atoms. The minimum Gasteiger partial charge on any atom is -0.324 e. The summed E-state index contributed by atoms with van der Waals surface area (Å²) in [4.78, 5) is 25.8. The van der Waals surface area contributed by atoms with Crippen molar-refractivity contribution in [2.24, 2.45) is 0 Å². The summed E-state index contributed by atoms with van der Waals surface area (Å²) in [5.41, 5.74) is 3.10. The van der Waals surface area contributed by atoms with Gasteiger partial charge in [0.05, 0.1) is 24.2 Å². The number of nitrogens with one attached hydrogen (secondary N) is 2. The van der Waals surface area contributed by atoms with E-state index in [1.54, 1.807) is 12.1 Å². The van der Waals surface area contributed by atoms with E-state index in [4.69, 9.17) is 0 Å². The summed E-state index contributed by atoms with van der Waals surface area (Å²) in [6.07, 6.45) is 0.499. The van der Waals surface area contributed by atoms with Gasteiger partial charge in [-0.05, 0) is 44.8 Å². The fourth-order valence-corrected chi connectivity index (χ4v) is 4.33. The Morgan fingerprint density at radius 3 is 1.32 bits per heavy atom. The van der Waals surface area contributed by atoms with Crippen LogP contribution in [0.5, 0.6) is 0 Å². The van der Waals surface area contributed by atoms with Crippen molar-refractivity contribution in [1.82, 2.24) is 0 Å². The van der Waals surface area contributed by atoms with Crippen molar-refractivity contribution < 1.29 is 9.59 Å². The van der Waals surface area contributed by atoms with Crippen LogP contribution >= 0.6 is 0 Å². The number of fused-ring (bicyclic) bond motifs is 2. The first-order chi connectivity index (χ1) is 16.7. The molecule has 2 amide bonds. The predicted molar refractivity (Wildman–Crippen MR) is 139 cm³/mol. The Morgan fingerprint density at radius 2 is 0.853 bits per heavy atom. The third-order valence-electron chi connectivity index (χ3n) is 5.94. The van der Waals surface area contributed by atoms with Crippen LogP contribution in [-0.2, 0) is 22.4 Å². The van der Waals surface area contributed by atoms with Gasteiger partial charge in [-0.15, -0.1) is 0 Å². The second-order valence-corrected chi connectivity index (χ2v) is 8.27. The van der Waals surface area contributed by atoms with Crippen molar-refractivity contribution in [3.63, 3.8) is 0 Å². The Kier molecular flexibility index (Phi) is 6.04. The molecule has 34 heavy (non-hydrogen) atoms. The molecule has 0 fully saturated rings. The van der Waals surface area contributed by atoms with E-state index < -0.39 is 0 Å². The summed E-state index contributed by atoms with van der Waals surface area (Å²) >= 11 is 0. The Morgan fingerprint density at radius 1 is 0.471 bits per heavy atom. The first kappa shape index (κ1) is 21.4. The van der Waals surface area contributed by atoms with Gasteiger partial charge in [0.25, 0.3) is 0 Å². The van der Waals surface area contributed by atoms with Crippen LogP contribution in [-0.4, -0.2) is 11.8 Å². The first-order valence-electron chi connectivity index (χ1n) is 11.3. The molecule has 0 heterocycles. The average molecular weight is 445 g/mol. The Hall–Kier alpha value is -4.44. The number of hydrogen-bond donors (Lipinski definition) is 2. The molecule has 5 rings (SSSR count). The maximum Gasteiger partial charge on any atom is 0.228 e. The zero-order valence-electron chi connectivity index (χ0n) is 18.6. The molecule has 0 atom stereocenters. The fourth-order valence-electron chi connectivity index (χ4n) is 4.33. The van der Waals surface area contributed by atoms with Crippen LogP contribution in [0.15, 0.2) is 109 Å². The molecule has 5 aromatic carbocycles. The molecule has 0 radical (unpaired) electrons. The highest BCUT2D eigenvalue weighted by atomic mass is 16.2. The normalized spacial score (nSPS) is 10.8. The van der Waals surface area contributed by atoms with Crippen molar-refractivity contribution in [2.45, 2.75) is 12.8 Å². The third-order valence-corrected chi connectivity index (χ3v) is 5.94. The van der Waals surface area contributed by atoms with Gasteiger partial charge in [-0.2, -0.15) is 0 Å². The van der Waals surface area contributed by atoms with Crippen LogP contribution in [0.25, 0.3) is 21.5 Å². The molecular formula is C30H24N2O2. The quantitative estimate of drug-likeness (QED) is 0.320. The van der Waals surface area contributed by atoms with Crippen LogP contribution in [0.3, 0.4) is 0 Å². The number of rotatable bonds is 6. The van der Waals surface area contributed by atoms with Gasteiger partial charge in [-0.3, -0.25) is 9.59 Å². The lowest BCUT2D eigenvalue weighted by atomic mass is 10.0. The van der Waals surface area contributed by atoms with Gasteiger partial charge in [0.1, 0.15) is 0 Å². The van der Waals surface area contributed by atoms with Crippen LogP contribution in [0.4, 0.5) is 11.4 Å². The molecule has 0 aliphatic heterocycles. The van der Waals surface area contributed by atoms with E-state index >= 15 is 0 Å². The highest BCUT2D eigenvalue weighted by Gasteiger charge is 2.13. The molecule has 0 saturated heterocycles. The molecule has 0 saturated carbocycles. The Bertz CT molecular complexity index is 1380. The topological polar surface area (TPSA) is 58.2 Å². The van der Waals surface area contributed by atoms with Crippen LogP contribution in [0.2, 0.25) is 0 Å². The standard InChI is InChI=1S/C30H24N2O2/c33-29(19-23-13-7-11-21-9-1-3-15-25(21)23)31-27-17-5-6-18-28(27)32-30(34)20-24-14-8-12-22-10-2-4-16-26(22)24/h1-18H,19-20H2,(H,31,33)(H,32,34). The highest BCUT2D eigenvalue weighted by Crippen LogP contribution is 2.24. The van der Waals surface area contributed by atoms with Gasteiger partial charge in [0, 0.05) is 0 Å².